The van der Waals surface area contributed by atoms with Gasteiger partial charge >= 0.3 is 0 Å². The van der Waals surface area contributed by atoms with Crippen LogP contribution in [0.25, 0.3) is 0 Å². The van der Waals surface area contributed by atoms with Gasteiger partial charge in [0.1, 0.15) is 5.82 Å². The Balaban J connectivity index is 1.99. The number of aromatic nitrogens is 2. The van der Waals surface area contributed by atoms with Crippen LogP contribution in [0.15, 0.2) is 12.3 Å². The lowest BCUT2D eigenvalue weighted by Crippen LogP contribution is -2.30. The normalized spacial score (nSPS) is 21.6. The van der Waals surface area contributed by atoms with Gasteiger partial charge < -0.3 is 5.32 Å². The standard InChI is InChI=1S/C9H13ClN4O2S/c1-17(15,16)14-5-3-7(6-14)12-8-2-4-11-9(10)13-8/h2,4,7H,3,5-6H2,1H3,(H,11,12,13)/t7-/m0/s1. The van der Waals surface area contributed by atoms with Gasteiger partial charge in [0.25, 0.3) is 0 Å². The maximum atomic E-state index is 11.3. The second-order valence-corrected chi connectivity index (χ2v) is 6.28. The van der Waals surface area contributed by atoms with E-state index >= 15 is 0 Å². The minimum atomic E-state index is -3.10. The highest BCUT2D eigenvalue weighted by molar-refractivity contribution is 7.88. The Labute approximate surface area is 105 Å². The highest BCUT2D eigenvalue weighted by Gasteiger charge is 2.28. The average Bonchev–Trinajstić information content (AvgIpc) is 2.65. The SMILES string of the molecule is CS(=O)(=O)N1CC[C@H](Nc2ccnc(Cl)n2)C1. The average molecular weight is 277 g/mol. The zero-order chi connectivity index (χ0) is 12.5. The van der Waals surface area contributed by atoms with Crippen LogP contribution in [-0.4, -0.2) is 48.1 Å². The largest absolute Gasteiger partial charge is 0.366 e. The predicted molar refractivity (Wildman–Crippen MR) is 65.5 cm³/mol. The van der Waals surface area contributed by atoms with Crippen molar-refractivity contribution in [1.29, 1.82) is 0 Å². The van der Waals surface area contributed by atoms with E-state index in [2.05, 4.69) is 15.3 Å². The first-order valence-electron chi connectivity index (χ1n) is 5.15. The first kappa shape index (κ1) is 12.5. The van der Waals surface area contributed by atoms with E-state index in [1.54, 1.807) is 12.3 Å². The molecule has 1 aliphatic rings. The van der Waals surface area contributed by atoms with Gasteiger partial charge in [-0.1, -0.05) is 0 Å². The van der Waals surface area contributed by atoms with Crippen molar-refractivity contribution < 1.29 is 8.42 Å². The van der Waals surface area contributed by atoms with Crippen molar-refractivity contribution >= 4 is 27.4 Å². The molecule has 0 aromatic carbocycles. The summed E-state index contributed by atoms with van der Waals surface area (Å²) in [6, 6.07) is 1.77. The van der Waals surface area contributed by atoms with Crippen molar-refractivity contribution in [3.8, 4) is 0 Å². The lowest BCUT2D eigenvalue weighted by Gasteiger charge is -2.14. The van der Waals surface area contributed by atoms with E-state index in [-0.39, 0.29) is 11.3 Å². The Morgan fingerprint density at radius 1 is 1.59 bits per heavy atom. The third-order valence-corrected chi connectivity index (χ3v) is 4.05. The Kier molecular flexibility index (Phi) is 3.50. The minimum absolute atomic E-state index is 0.0655. The summed E-state index contributed by atoms with van der Waals surface area (Å²) in [7, 11) is -3.10. The molecule has 1 aromatic heterocycles. The first-order chi connectivity index (χ1) is 7.95. The van der Waals surface area contributed by atoms with Crippen molar-refractivity contribution in [3.05, 3.63) is 17.5 Å². The van der Waals surface area contributed by atoms with E-state index in [0.29, 0.717) is 18.9 Å². The van der Waals surface area contributed by atoms with Crippen LogP contribution in [0.4, 0.5) is 5.82 Å². The van der Waals surface area contributed by atoms with Gasteiger partial charge in [-0.25, -0.2) is 22.7 Å². The number of anilines is 1. The Morgan fingerprint density at radius 2 is 2.35 bits per heavy atom. The molecule has 0 saturated carbocycles. The third kappa shape index (κ3) is 3.27. The fraction of sp³-hybridized carbons (Fsp3) is 0.556. The number of halogens is 1. The number of hydrogen-bond acceptors (Lipinski definition) is 5. The van der Waals surface area contributed by atoms with Crippen molar-refractivity contribution in [2.24, 2.45) is 0 Å². The monoisotopic (exact) mass is 276 g/mol. The Bertz CT molecular complexity index is 507. The first-order valence-corrected chi connectivity index (χ1v) is 7.38. The number of sulfonamides is 1. The van der Waals surface area contributed by atoms with Gasteiger partial charge in [-0.2, -0.15) is 0 Å². The van der Waals surface area contributed by atoms with Crippen molar-refractivity contribution in [2.45, 2.75) is 12.5 Å². The highest BCUT2D eigenvalue weighted by Crippen LogP contribution is 2.17. The Hall–Kier alpha value is -0.920. The van der Waals surface area contributed by atoms with Gasteiger partial charge in [0.05, 0.1) is 6.26 Å². The van der Waals surface area contributed by atoms with E-state index in [9.17, 15) is 8.42 Å². The molecule has 1 atom stereocenters. The molecule has 0 unspecified atom stereocenters. The zero-order valence-corrected chi connectivity index (χ0v) is 10.9. The maximum Gasteiger partial charge on any atom is 0.224 e. The third-order valence-electron chi connectivity index (χ3n) is 2.60. The van der Waals surface area contributed by atoms with Crippen LogP contribution in [0.3, 0.4) is 0 Å². The van der Waals surface area contributed by atoms with Crippen LogP contribution in [0.2, 0.25) is 5.28 Å². The van der Waals surface area contributed by atoms with Crippen LogP contribution < -0.4 is 5.32 Å². The second kappa shape index (κ2) is 4.75. The summed E-state index contributed by atoms with van der Waals surface area (Å²) in [6.45, 7) is 0.996. The summed E-state index contributed by atoms with van der Waals surface area (Å²) in [5, 5.41) is 3.32. The smallest absolute Gasteiger partial charge is 0.224 e. The lowest BCUT2D eigenvalue weighted by atomic mass is 10.2. The van der Waals surface area contributed by atoms with Gasteiger partial charge in [-0.3, -0.25) is 0 Å². The lowest BCUT2D eigenvalue weighted by molar-refractivity contribution is 0.480. The molecule has 0 spiro atoms. The highest BCUT2D eigenvalue weighted by atomic mass is 35.5. The molecule has 0 radical (unpaired) electrons. The van der Waals surface area contributed by atoms with E-state index in [1.165, 1.54) is 10.6 Å². The van der Waals surface area contributed by atoms with Crippen molar-refractivity contribution in [1.82, 2.24) is 14.3 Å². The zero-order valence-electron chi connectivity index (χ0n) is 9.30. The van der Waals surface area contributed by atoms with Crippen LogP contribution in [-0.2, 0) is 10.0 Å². The number of nitrogens with one attached hydrogen (secondary N) is 1. The molecule has 8 heteroatoms. The number of nitrogens with zero attached hydrogens (tertiary/aromatic N) is 3. The summed E-state index contributed by atoms with van der Waals surface area (Å²) in [5.41, 5.74) is 0. The number of rotatable bonds is 3. The summed E-state index contributed by atoms with van der Waals surface area (Å²) < 4.78 is 24.1. The molecule has 0 aliphatic carbocycles. The van der Waals surface area contributed by atoms with Gasteiger partial charge in [0, 0.05) is 25.3 Å². The Morgan fingerprint density at radius 3 is 2.94 bits per heavy atom. The minimum Gasteiger partial charge on any atom is -0.366 e. The molecule has 1 fully saturated rings. The second-order valence-electron chi connectivity index (χ2n) is 3.96. The number of hydrogen-bond donors (Lipinski definition) is 1. The van der Waals surface area contributed by atoms with Crippen molar-refractivity contribution in [3.63, 3.8) is 0 Å². The summed E-state index contributed by atoms with van der Waals surface area (Å²) >= 11 is 5.66. The van der Waals surface area contributed by atoms with Gasteiger partial charge in [0.2, 0.25) is 15.3 Å². The molecule has 1 N–H and O–H groups in total. The predicted octanol–water partition coefficient (Wildman–Crippen LogP) is 0.576. The van der Waals surface area contributed by atoms with Crippen molar-refractivity contribution in [2.75, 3.05) is 24.7 Å². The van der Waals surface area contributed by atoms with E-state index in [1.807, 2.05) is 0 Å². The van der Waals surface area contributed by atoms with Crippen LogP contribution in [0.5, 0.6) is 0 Å². The van der Waals surface area contributed by atoms with Gasteiger partial charge in [-0.05, 0) is 24.1 Å². The van der Waals surface area contributed by atoms with E-state index in [0.717, 1.165) is 6.42 Å². The van der Waals surface area contributed by atoms with Gasteiger partial charge in [-0.15, -0.1) is 0 Å². The van der Waals surface area contributed by atoms with Crippen LogP contribution in [0.1, 0.15) is 6.42 Å². The molecule has 94 valence electrons. The summed E-state index contributed by atoms with van der Waals surface area (Å²) in [6.07, 6.45) is 3.53. The molecule has 2 rings (SSSR count). The molecule has 1 aromatic rings. The van der Waals surface area contributed by atoms with E-state index in [4.69, 9.17) is 11.6 Å². The van der Waals surface area contributed by atoms with Crippen LogP contribution >= 0.6 is 11.6 Å². The quantitative estimate of drug-likeness (QED) is 0.817. The molecular formula is C9H13ClN4O2S. The fourth-order valence-electron chi connectivity index (χ4n) is 1.77. The summed E-state index contributed by atoms with van der Waals surface area (Å²) in [5.74, 6) is 0.616. The molecule has 0 amide bonds. The van der Waals surface area contributed by atoms with Gasteiger partial charge in [0.15, 0.2) is 0 Å². The molecular weight excluding hydrogens is 264 g/mol. The van der Waals surface area contributed by atoms with E-state index < -0.39 is 10.0 Å². The molecule has 17 heavy (non-hydrogen) atoms. The topological polar surface area (TPSA) is 75.2 Å². The fourth-order valence-corrected chi connectivity index (χ4v) is 2.81. The molecule has 2 heterocycles. The maximum absolute atomic E-state index is 11.3. The molecule has 6 nitrogen and oxygen atoms in total. The molecule has 1 aliphatic heterocycles. The van der Waals surface area contributed by atoms with Crippen LogP contribution in [0, 0.1) is 0 Å². The molecule has 1 saturated heterocycles. The summed E-state index contributed by atoms with van der Waals surface area (Å²) in [4.78, 5) is 7.78. The molecule has 0 bridgehead atoms.